The fourth-order valence-corrected chi connectivity index (χ4v) is 3.24. The Morgan fingerprint density at radius 1 is 0.870 bits per heavy atom. The minimum Gasteiger partial charge on any atom is -0.505 e. The molecule has 0 fully saturated rings. The number of aromatic hydroxyl groups is 2. The monoisotopic (exact) mass is 329 g/mol. The number of nitrogens with zero attached hydrogens (tertiary/aromatic N) is 1. The molecule has 0 saturated carbocycles. The fraction of sp³-hybridized carbons (Fsp3) is 0. The van der Waals surface area contributed by atoms with Gasteiger partial charge in [-0.15, -0.1) is 11.3 Å². The summed E-state index contributed by atoms with van der Waals surface area (Å²) in [6.45, 7) is 0. The summed E-state index contributed by atoms with van der Waals surface area (Å²) < 4.78 is 27.0. The first-order valence-corrected chi connectivity index (χ1v) is 7.33. The lowest BCUT2D eigenvalue weighted by Crippen LogP contribution is -1.80. The number of hydrogen-bond donors (Lipinski definition) is 2. The molecule has 0 bridgehead atoms. The Balaban J connectivity index is 2.12. The molecule has 0 aliphatic heterocycles. The van der Waals surface area contributed by atoms with Gasteiger partial charge in [0.15, 0.2) is 23.1 Å². The summed E-state index contributed by atoms with van der Waals surface area (Å²) in [6.07, 6.45) is 0. The van der Waals surface area contributed by atoms with Gasteiger partial charge in [0, 0.05) is 4.88 Å². The summed E-state index contributed by atoms with van der Waals surface area (Å²) in [5.41, 5.74) is 1.28. The van der Waals surface area contributed by atoms with E-state index in [2.05, 4.69) is 0 Å². The first-order valence-electron chi connectivity index (χ1n) is 6.51. The number of hydrogen-bond acceptors (Lipinski definition) is 4. The van der Waals surface area contributed by atoms with Crippen LogP contribution in [0.2, 0.25) is 0 Å². The van der Waals surface area contributed by atoms with Gasteiger partial charge in [-0.3, -0.25) is 0 Å². The molecule has 1 aromatic heterocycles. The van der Waals surface area contributed by atoms with E-state index >= 15 is 0 Å². The van der Waals surface area contributed by atoms with Crippen LogP contribution in [0, 0.1) is 23.0 Å². The number of thiophene rings is 1. The summed E-state index contributed by atoms with van der Waals surface area (Å²) in [4.78, 5) is 1.14. The Bertz CT molecular complexity index is 944. The molecular formula is C17H9F2NO2S. The molecule has 0 amide bonds. The maximum Gasteiger partial charge on any atom is 0.165 e. The van der Waals surface area contributed by atoms with Gasteiger partial charge in [0.25, 0.3) is 0 Å². The smallest absolute Gasteiger partial charge is 0.165 e. The molecule has 3 aromatic rings. The maximum absolute atomic E-state index is 13.5. The van der Waals surface area contributed by atoms with Crippen LogP contribution in [0.1, 0.15) is 5.56 Å². The van der Waals surface area contributed by atoms with Crippen LogP contribution < -0.4 is 0 Å². The van der Waals surface area contributed by atoms with Crippen molar-refractivity contribution in [3.8, 4) is 38.4 Å². The zero-order valence-electron chi connectivity index (χ0n) is 11.5. The highest BCUT2D eigenvalue weighted by molar-refractivity contribution is 7.19. The largest absolute Gasteiger partial charge is 0.505 e. The van der Waals surface area contributed by atoms with Gasteiger partial charge in [0.05, 0.1) is 10.4 Å². The summed E-state index contributed by atoms with van der Waals surface area (Å²) >= 11 is 1.20. The normalized spacial score (nSPS) is 10.5. The van der Waals surface area contributed by atoms with E-state index < -0.39 is 23.1 Å². The molecule has 0 aliphatic rings. The van der Waals surface area contributed by atoms with Gasteiger partial charge in [-0.05, 0) is 53.6 Å². The molecule has 1 heterocycles. The van der Waals surface area contributed by atoms with Crippen molar-refractivity contribution in [2.75, 3.05) is 0 Å². The Morgan fingerprint density at radius 3 is 2.00 bits per heavy atom. The second kappa shape index (κ2) is 5.71. The van der Waals surface area contributed by atoms with Gasteiger partial charge in [-0.1, -0.05) is 0 Å². The van der Waals surface area contributed by atoms with Crippen molar-refractivity contribution in [1.29, 1.82) is 5.26 Å². The molecule has 0 unspecified atom stereocenters. The lowest BCUT2D eigenvalue weighted by molar-refractivity contribution is 0.432. The van der Waals surface area contributed by atoms with Crippen molar-refractivity contribution in [3.63, 3.8) is 0 Å². The van der Waals surface area contributed by atoms with Crippen LogP contribution in [0.3, 0.4) is 0 Å². The van der Waals surface area contributed by atoms with Crippen molar-refractivity contribution in [2.45, 2.75) is 0 Å². The summed E-state index contributed by atoms with van der Waals surface area (Å²) in [6, 6.07) is 11.4. The van der Waals surface area contributed by atoms with Crippen molar-refractivity contribution in [2.24, 2.45) is 0 Å². The van der Waals surface area contributed by atoms with Gasteiger partial charge in [0.1, 0.15) is 6.07 Å². The topological polar surface area (TPSA) is 64.2 Å². The van der Waals surface area contributed by atoms with E-state index in [1.54, 1.807) is 6.07 Å². The molecule has 6 heteroatoms. The molecule has 3 nitrogen and oxygen atoms in total. The Kier molecular flexibility index (Phi) is 3.72. The van der Waals surface area contributed by atoms with Crippen molar-refractivity contribution >= 4 is 11.3 Å². The van der Waals surface area contributed by atoms with E-state index in [0.717, 1.165) is 6.07 Å². The summed E-state index contributed by atoms with van der Waals surface area (Å²) in [5.74, 6) is -2.46. The standard InChI is InChI=1S/C17H9F2NO2S/c18-12-5-9(1-3-14(12)21)16-7-11(8-20)17(23-16)10-2-4-15(22)13(19)6-10/h1-7,21-22H. The minimum atomic E-state index is -0.781. The number of halogens is 2. The molecule has 0 radical (unpaired) electrons. The molecule has 3 rings (SSSR count). The third-order valence-corrected chi connectivity index (χ3v) is 4.53. The van der Waals surface area contributed by atoms with Crippen LogP contribution in [0.4, 0.5) is 8.78 Å². The van der Waals surface area contributed by atoms with Crippen LogP contribution >= 0.6 is 11.3 Å². The number of phenols is 2. The van der Waals surface area contributed by atoms with Crippen molar-refractivity contribution in [1.82, 2.24) is 0 Å². The highest BCUT2D eigenvalue weighted by Crippen LogP contribution is 2.39. The average molecular weight is 329 g/mol. The molecule has 2 N–H and O–H groups in total. The number of nitriles is 1. The van der Waals surface area contributed by atoms with E-state index in [1.165, 1.54) is 41.7 Å². The van der Waals surface area contributed by atoms with E-state index in [9.17, 15) is 24.3 Å². The predicted octanol–water partition coefficient (Wildman–Crippen LogP) is 4.64. The molecule has 2 aromatic carbocycles. The average Bonchev–Trinajstić information content (AvgIpc) is 2.97. The quantitative estimate of drug-likeness (QED) is 0.719. The summed E-state index contributed by atoms with van der Waals surface area (Å²) in [7, 11) is 0. The number of rotatable bonds is 2. The SMILES string of the molecule is N#Cc1cc(-c2ccc(O)c(F)c2)sc1-c1ccc(O)c(F)c1. The Labute approximate surface area is 134 Å². The van der Waals surface area contributed by atoms with Crippen LogP contribution in [-0.4, -0.2) is 10.2 Å². The Hall–Kier alpha value is -2.91. The molecule has 0 atom stereocenters. The third-order valence-electron chi connectivity index (χ3n) is 3.29. The van der Waals surface area contributed by atoms with E-state index in [-0.39, 0.29) is 0 Å². The van der Waals surface area contributed by atoms with Gasteiger partial charge < -0.3 is 10.2 Å². The number of phenolic OH excluding ortho intramolecular Hbond substituents is 2. The molecule has 0 spiro atoms. The molecule has 0 saturated heterocycles. The predicted molar refractivity (Wildman–Crippen MR) is 83.2 cm³/mol. The van der Waals surface area contributed by atoms with Gasteiger partial charge in [0.2, 0.25) is 0 Å². The van der Waals surface area contributed by atoms with Gasteiger partial charge in [-0.2, -0.15) is 5.26 Å². The fourth-order valence-electron chi connectivity index (χ4n) is 2.14. The second-order valence-electron chi connectivity index (χ2n) is 4.80. The van der Waals surface area contributed by atoms with Crippen molar-refractivity contribution in [3.05, 3.63) is 59.7 Å². The molecule has 0 aliphatic carbocycles. The lowest BCUT2D eigenvalue weighted by atomic mass is 10.1. The highest BCUT2D eigenvalue weighted by Gasteiger charge is 2.15. The zero-order valence-corrected chi connectivity index (χ0v) is 12.4. The van der Waals surface area contributed by atoms with Crippen LogP contribution in [0.25, 0.3) is 20.9 Å². The van der Waals surface area contributed by atoms with Crippen LogP contribution in [0.15, 0.2) is 42.5 Å². The van der Waals surface area contributed by atoms with Crippen LogP contribution in [-0.2, 0) is 0 Å². The second-order valence-corrected chi connectivity index (χ2v) is 5.85. The third kappa shape index (κ3) is 2.74. The van der Waals surface area contributed by atoms with E-state index in [4.69, 9.17) is 0 Å². The van der Waals surface area contributed by atoms with E-state index in [0.29, 0.717) is 26.4 Å². The first-order chi connectivity index (χ1) is 11.0. The van der Waals surface area contributed by atoms with Gasteiger partial charge >= 0.3 is 0 Å². The maximum atomic E-state index is 13.5. The Morgan fingerprint density at radius 2 is 1.43 bits per heavy atom. The minimum absolute atomic E-state index is 0.323. The highest BCUT2D eigenvalue weighted by atomic mass is 32.1. The lowest BCUT2D eigenvalue weighted by Gasteiger charge is -2.01. The van der Waals surface area contributed by atoms with Gasteiger partial charge in [-0.25, -0.2) is 8.78 Å². The molecule has 23 heavy (non-hydrogen) atoms. The molecular weight excluding hydrogens is 320 g/mol. The summed E-state index contributed by atoms with van der Waals surface area (Å²) in [5, 5.41) is 27.8. The van der Waals surface area contributed by atoms with E-state index in [1.807, 2.05) is 6.07 Å². The van der Waals surface area contributed by atoms with Crippen LogP contribution in [0.5, 0.6) is 11.5 Å². The van der Waals surface area contributed by atoms with Crippen molar-refractivity contribution < 1.29 is 19.0 Å². The number of benzene rings is 2. The first kappa shape index (κ1) is 15.0. The zero-order chi connectivity index (χ0) is 16.6. The molecule has 114 valence electrons.